The van der Waals surface area contributed by atoms with Crippen molar-refractivity contribution in [3.05, 3.63) is 78.9 Å². The van der Waals surface area contributed by atoms with Gasteiger partial charge >= 0.3 is 0 Å². The molecule has 0 N–H and O–H groups in total. The zero-order chi connectivity index (χ0) is 24.0. The number of methoxy groups -OCH3 is 1. The van der Waals surface area contributed by atoms with E-state index in [1.807, 2.05) is 72.2 Å². The lowest BCUT2D eigenvalue weighted by Crippen LogP contribution is -2.00. The summed E-state index contributed by atoms with van der Waals surface area (Å²) in [7, 11) is 1.64. The Bertz CT molecular complexity index is 1400. The van der Waals surface area contributed by atoms with Gasteiger partial charge in [0.2, 0.25) is 11.7 Å². The molecule has 0 radical (unpaired) electrons. The first-order valence-electron chi connectivity index (χ1n) is 10.9. The van der Waals surface area contributed by atoms with Crippen LogP contribution >= 0.6 is 11.8 Å². The molecular formula is C25H22N6O3S. The summed E-state index contributed by atoms with van der Waals surface area (Å²) in [4.78, 5) is 8.68. The Labute approximate surface area is 206 Å². The van der Waals surface area contributed by atoms with Gasteiger partial charge in [0.15, 0.2) is 11.0 Å². The first-order valence-corrected chi connectivity index (χ1v) is 11.9. The molecule has 35 heavy (non-hydrogen) atoms. The lowest BCUT2D eigenvalue weighted by molar-refractivity contribution is 0.341. The smallest absolute Gasteiger partial charge is 0.237 e. The minimum absolute atomic E-state index is 0.425. The maximum Gasteiger partial charge on any atom is 0.237 e. The second-order valence-corrected chi connectivity index (χ2v) is 8.25. The molecule has 10 heteroatoms. The van der Waals surface area contributed by atoms with Crippen molar-refractivity contribution in [3.63, 3.8) is 0 Å². The van der Waals surface area contributed by atoms with Crippen molar-refractivity contribution in [1.82, 2.24) is 29.9 Å². The van der Waals surface area contributed by atoms with Gasteiger partial charge in [-0.2, -0.15) is 4.98 Å². The highest BCUT2D eigenvalue weighted by Gasteiger charge is 2.19. The van der Waals surface area contributed by atoms with Crippen LogP contribution in [0.1, 0.15) is 12.8 Å². The van der Waals surface area contributed by atoms with Gasteiger partial charge in [0, 0.05) is 23.6 Å². The number of rotatable bonds is 9. The van der Waals surface area contributed by atoms with Gasteiger partial charge in [-0.1, -0.05) is 29.1 Å². The first-order chi connectivity index (χ1) is 17.3. The van der Waals surface area contributed by atoms with Crippen molar-refractivity contribution in [1.29, 1.82) is 0 Å². The molecule has 0 spiro atoms. The van der Waals surface area contributed by atoms with Crippen LogP contribution in [0.15, 0.2) is 82.7 Å². The molecule has 0 aliphatic heterocycles. The quantitative estimate of drug-likeness (QED) is 0.264. The molecule has 3 heterocycles. The summed E-state index contributed by atoms with van der Waals surface area (Å²) in [6, 6.07) is 19.2. The molecule has 0 amide bonds. The average molecular weight is 487 g/mol. The van der Waals surface area contributed by atoms with Crippen LogP contribution in [0.25, 0.3) is 28.5 Å². The van der Waals surface area contributed by atoms with E-state index >= 15 is 0 Å². The Morgan fingerprint density at radius 1 is 0.971 bits per heavy atom. The largest absolute Gasteiger partial charge is 0.497 e. The lowest BCUT2D eigenvalue weighted by atomic mass is 10.2. The molecular weight excluding hydrogens is 464 g/mol. The normalized spacial score (nSPS) is 10.9. The van der Waals surface area contributed by atoms with Crippen LogP contribution in [0, 0.1) is 0 Å². The molecule has 2 aromatic carbocycles. The molecule has 0 unspecified atom stereocenters. The topological polar surface area (TPSA) is 101 Å². The molecule has 5 rings (SSSR count). The zero-order valence-electron chi connectivity index (χ0n) is 19.2. The second-order valence-electron chi connectivity index (χ2n) is 7.31. The monoisotopic (exact) mass is 486 g/mol. The van der Waals surface area contributed by atoms with Crippen LogP contribution in [0.4, 0.5) is 0 Å². The highest BCUT2D eigenvalue weighted by atomic mass is 32.2. The predicted octanol–water partition coefficient (Wildman–Crippen LogP) is 5.08. The Hall–Kier alpha value is -4.18. The third kappa shape index (κ3) is 4.87. The third-order valence-corrected chi connectivity index (χ3v) is 6.04. The van der Waals surface area contributed by atoms with Crippen molar-refractivity contribution >= 4 is 11.8 Å². The maximum absolute atomic E-state index is 5.69. The van der Waals surface area contributed by atoms with E-state index in [1.54, 1.807) is 19.5 Å². The number of para-hydroxylation sites is 1. The van der Waals surface area contributed by atoms with Crippen molar-refractivity contribution in [2.24, 2.45) is 0 Å². The average Bonchev–Trinajstić information content (AvgIpc) is 3.56. The van der Waals surface area contributed by atoms with Gasteiger partial charge in [-0.05, 0) is 55.5 Å². The van der Waals surface area contributed by atoms with E-state index in [1.165, 1.54) is 11.8 Å². The summed E-state index contributed by atoms with van der Waals surface area (Å²) in [5, 5.41) is 13.7. The number of hydrogen-bond acceptors (Lipinski definition) is 9. The molecule has 0 bridgehead atoms. The number of hydrogen-bond donors (Lipinski definition) is 0. The van der Waals surface area contributed by atoms with Crippen LogP contribution in [0.3, 0.4) is 0 Å². The van der Waals surface area contributed by atoms with E-state index < -0.39 is 0 Å². The van der Waals surface area contributed by atoms with Crippen LogP contribution in [-0.4, -0.2) is 43.6 Å². The van der Waals surface area contributed by atoms with Gasteiger partial charge < -0.3 is 14.0 Å². The maximum atomic E-state index is 5.69. The summed E-state index contributed by atoms with van der Waals surface area (Å²) in [5.74, 6) is 3.58. The summed E-state index contributed by atoms with van der Waals surface area (Å²) >= 11 is 1.46. The summed E-state index contributed by atoms with van der Waals surface area (Å²) in [6.07, 6.45) is 3.46. The minimum atomic E-state index is 0.425. The van der Waals surface area contributed by atoms with E-state index in [0.29, 0.717) is 35.1 Å². The van der Waals surface area contributed by atoms with Gasteiger partial charge in [0.05, 0.1) is 25.0 Å². The number of nitrogens with zero attached hydrogens (tertiary/aromatic N) is 6. The van der Waals surface area contributed by atoms with Crippen LogP contribution in [0.2, 0.25) is 0 Å². The van der Waals surface area contributed by atoms with E-state index in [-0.39, 0.29) is 0 Å². The van der Waals surface area contributed by atoms with E-state index in [4.69, 9.17) is 14.0 Å². The van der Waals surface area contributed by atoms with Gasteiger partial charge in [0.1, 0.15) is 11.5 Å². The van der Waals surface area contributed by atoms with Crippen molar-refractivity contribution in [3.8, 4) is 40.0 Å². The van der Waals surface area contributed by atoms with Crippen molar-refractivity contribution in [2.75, 3.05) is 13.7 Å². The lowest BCUT2D eigenvalue weighted by Gasteiger charge is -2.10. The zero-order valence-corrected chi connectivity index (χ0v) is 20.0. The Morgan fingerprint density at radius 2 is 1.77 bits per heavy atom. The Morgan fingerprint density at radius 3 is 2.54 bits per heavy atom. The number of thioether (sulfide) groups is 1. The molecule has 0 fully saturated rings. The van der Waals surface area contributed by atoms with Crippen LogP contribution in [0.5, 0.6) is 11.5 Å². The molecule has 5 aromatic rings. The standard InChI is InChI=1S/C25H22N6O3S/c1-3-33-21-7-5-4-6-20(21)23-27-22(34-30-23)16-35-25-29-28-24(17-12-14-26-15-13-17)31(25)18-8-10-19(32-2)11-9-18/h4-15H,3,16H2,1-2H3. The minimum Gasteiger partial charge on any atom is -0.497 e. The van der Waals surface area contributed by atoms with Gasteiger partial charge in [0.25, 0.3) is 0 Å². The molecule has 9 nitrogen and oxygen atoms in total. The van der Waals surface area contributed by atoms with E-state index in [9.17, 15) is 0 Å². The SMILES string of the molecule is CCOc1ccccc1-c1noc(CSc2nnc(-c3ccncc3)n2-c2ccc(OC)cc2)n1. The Balaban J connectivity index is 1.43. The highest BCUT2D eigenvalue weighted by molar-refractivity contribution is 7.98. The molecule has 0 aliphatic carbocycles. The number of benzene rings is 2. The first kappa shape index (κ1) is 22.6. The van der Waals surface area contributed by atoms with Crippen LogP contribution in [-0.2, 0) is 5.75 Å². The van der Waals surface area contributed by atoms with Gasteiger partial charge in [-0.25, -0.2) is 0 Å². The molecule has 0 atom stereocenters. The molecule has 176 valence electrons. The summed E-state index contributed by atoms with van der Waals surface area (Å²) < 4.78 is 18.5. The van der Waals surface area contributed by atoms with E-state index in [2.05, 4.69) is 25.3 Å². The fourth-order valence-electron chi connectivity index (χ4n) is 3.50. The molecule has 0 saturated heterocycles. The number of aromatic nitrogens is 6. The fourth-order valence-corrected chi connectivity index (χ4v) is 4.29. The predicted molar refractivity (Wildman–Crippen MR) is 132 cm³/mol. The van der Waals surface area contributed by atoms with Gasteiger partial charge in [-0.15, -0.1) is 10.2 Å². The number of ether oxygens (including phenoxy) is 2. The van der Waals surface area contributed by atoms with Crippen molar-refractivity contribution < 1.29 is 14.0 Å². The Kier molecular flexibility index (Phi) is 6.71. The molecule has 3 aromatic heterocycles. The second kappa shape index (κ2) is 10.4. The number of pyridine rings is 1. The molecule has 0 saturated carbocycles. The fraction of sp³-hybridized carbons (Fsp3) is 0.160. The van der Waals surface area contributed by atoms with Crippen LogP contribution < -0.4 is 9.47 Å². The van der Waals surface area contributed by atoms with Gasteiger partial charge in [-0.3, -0.25) is 9.55 Å². The summed E-state index contributed by atoms with van der Waals surface area (Å²) in [6.45, 7) is 2.49. The molecule has 0 aliphatic rings. The summed E-state index contributed by atoms with van der Waals surface area (Å²) in [5.41, 5.74) is 2.60. The van der Waals surface area contributed by atoms with Crippen molar-refractivity contribution in [2.45, 2.75) is 17.8 Å². The van der Waals surface area contributed by atoms with E-state index in [0.717, 1.165) is 28.3 Å². The highest BCUT2D eigenvalue weighted by Crippen LogP contribution is 2.32. The third-order valence-electron chi connectivity index (χ3n) is 5.12.